The maximum Gasteiger partial charge on any atom is 0.338 e. The summed E-state index contributed by atoms with van der Waals surface area (Å²) in [6, 6.07) is 17.0. The van der Waals surface area contributed by atoms with Crippen molar-refractivity contribution in [2.24, 2.45) is 5.92 Å². The Balaban J connectivity index is 1.70. The number of rotatable bonds is 8. The zero-order valence-corrected chi connectivity index (χ0v) is 21.6. The molecule has 2 aromatic rings. The molecule has 0 saturated carbocycles. The molecule has 33 heavy (non-hydrogen) atoms. The Labute approximate surface area is 198 Å². The molecule has 1 saturated heterocycles. The minimum absolute atomic E-state index is 0.0219. The molecule has 2 aromatic carbocycles. The summed E-state index contributed by atoms with van der Waals surface area (Å²) in [7, 11) is -0.476. The van der Waals surface area contributed by atoms with Gasteiger partial charge < -0.3 is 14.0 Å². The third kappa shape index (κ3) is 5.06. The van der Waals surface area contributed by atoms with Gasteiger partial charge in [0.1, 0.15) is 12.4 Å². The van der Waals surface area contributed by atoms with Crippen LogP contribution in [-0.4, -0.2) is 38.4 Å². The van der Waals surface area contributed by atoms with Crippen LogP contribution in [0.15, 0.2) is 66.7 Å². The molecular formula is C27H35NO4Si. The van der Waals surface area contributed by atoms with Crippen LogP contribution in [0.1, 0.15) is 49.2 Å². The van der Waals surface area contributed by atoms with E-state index in [-0.39, 0.29) is 29.5 Å². The molecular weight excluding hydrogens is 430 g/mol. The predicted octanol–water partition coefficient (Wildman–Crippen LogP) is 6.00. The second kappa shape index (κ2) is 9.55. The maximum absolute atomic E-state index is 13.4. The standard InChI is InChI=1S/C27H35NO4Si/c1-19(18-32-26(30)21-13-15-22(31-5)16-14-21)17-23-24(20-11-9-8-10-12-20)28(25(23)29)33(6,7)27(2,3)4/h8-16,23-24H,1,17-18H2,2-7H3/t23-,24+/m0/s1. The molecule has 0 spiro atoms. The lowest BCUT2D eigenvalue weighted by atomic mass is 9.81. The van der Waals surface area contributed by atoms with E-state index in [1.54, 1.807) is 31.4 Å². The van der Waals surface area contributed by atoms with Gasteiger partial charge in [-0.2, -0.15) is 0 Å². The highest BCUT2D eigenvalue weighted by Crippen LogP contribution is 2.51. The van der Waals surface area contributed by atoms with Crippen LogP contribution in [0.3, 0.4) is 0 Å². The van der Waals surface area contributed by atoms with E-state index in [4.69, 9.17) is 9.47 Å². The Bertz CT molecular complexity index is 1010. The van der Waals surface area contributed by atoms with E-state index < -0.39 is 14.2 Å². The van der Waals surface area contributed by atoms with Crippen LogP contribution in [0.25, 0.3) is 0 Å². The number of β-lactam (4-membered cyclic amide) rings is 1. The number of carbonyl (C=O) groups excluding carboxylic acids is 2. The van der Waals surface area contributed by atoms with Crippen molar-refractivity contribution in [2.45, 2.75) is 51.4 Å². The van der Waals surface area contributed by atoms with E-state index in [0.717, 1.165) is 11.1 Å². The number of hydrogen-bond donors (Lipinski definition) is 0. The van der Waals surface area contributed by atoms with Gasteiger partial charge in [0.2, 0.25) is 5.91 Å². The first kappa shape index (κ1) is 24.8. The average Bonchev–Trinajstić information content (AvgIpc) is 2.78. The Hall–Kier alpha value is -2.86. The average molecular weight is 466 g/mol. The van der Waals surface area contributed by atoms with E-state index in [1.165, 1.54) is 0 Å². The zero-order valence-electron chi connectivity index (χ0n) is 20.6. The van der Waals surface area contributed by atoms with Crippen molar-refractivity contribution in [3.05, 3.63) is 77.9 Å². The number of ether oxygens (including phenoxy) is 2. The number of esters is 1. The van der Waals surface area contributed by atoms with Crippen molar-refractivity contribution in [3.8, 4) is 5.75 Å². The number of carbonyl (C=O) groups is 2. The molecule has 176 valence electrons. The smallest absolute Gasteiger partial charge is 0.338 e. The Kier molecular flexibility index (Phi) is 7.17. The molecule has 1 fully saturated rings. The summed E-state index contributed by atoms with van der Waals surface area (Å²) in [5.74, 6) is 0.255. The Morgan fingerprint density at radius 1 is 1.06 bits per heavy atom. The van der Waals surface area contributed by atoms with Gasteiger partial charge in [0.25, 0.3) is 0 Å². The Morgan fingerprint density at radius 2 is 1.67 bits per heavy atom. The molecule has 0 aliphatic carbocycles. The van der Waals surface area contributed by atoms with Crippen LogP contribution >= 0.6 is 0 Å². The molecule has 1 heterocycles. The molecule has 0 radical (unpaired) electrons. The van der Waals surface area contributed by atoms with Gasteiger partial charge >= 0.3 is 5.97 Å². The summed E-state index contributed by atoms with van der Waals surface area (Å²) in [6.07, 6.45) is 0.499. The summed E-state index contributed by atoms with van der Waals surface area (Å²) in [5.41, 5.74) is 2.34. The van der Waals surface area contributed by atoms with Gasteiger partial charge in [-0.15, -0.1) is 0 Å². The van der Waals surface area contributed by atoms with Gasteiger partial charge in [-0.25, -0.2) is 4.79 Å². The molecule has 1 aliphatic heterocycles. The van der Waals surface area contributed by atoms with Gasteiger partial charge in [-0.05, 0) is 46.9 Å². The topological polar surface area (TPSA) is 55.8 Å². The monoisotopic (exact) mass is 465 g/mol. The van der Waals surface area contributed by atoms with E-state index in [1.807, 2.05) is 18.2 Å². The first-order chi connectivity index (χ1) is 15.5. The highest BCUT2D eigenvalue weighted by atomic mass is 28.3. The lowest BCUT2D eigenvalue weighted by molar-refractivity contribution is -0.148. The molecule has 0 aromatic heterocycles. The van der Waals surface area contributed by atoms with Gasteiger partial charge in [-0.1, -0.05) is 70.8 Å². The molecule has 2 atom stereocenters. The first-order valence-electron chi connectivity index (χ1n) is 11.3. The number of benzene rings is 2. The van der Waals surface area contributed by atoms with Crippen molar-refractivity contribution < 1.29 is 19.1 Å². The van der Waals surface area contributed by atoms with Crippen molar-refractivity contribution in [1.82, 2.24) is 4.57 Å². The zero-order chi connectivity index (χ0) is 24.4. The predicted molar refractivity (Wildman–Crippen MR) is 134 cm³/mol. The normalized spacial score (nSPS) is 18.5. The second-order valence-electron chi connectivity index (χ2n) is 10.2. The highest BCUT2D eigenvalue weighted by Gasteiger charge is 2.57. The molecule has 0 unspecified atom stereocenters. The fraction of sp³-hybridized carbons (Fsp3) is 0.407. The van der Waals surface area contributed by atoms with Crippen LogP contribution in [0.2, 0.25) is 18.1 Å². The summed E-state index contributed by atoms with van der Waals surface area (Å²) >= 11 is 0. The third-order valence-electron chi connectivity index (χ3n) is 7.03. The highest BCUT2D eigenvalue weighted by molar-refractivity contribution is 6.80. The van der Waals surface area contributed by atoms with E-state index >= 15 is 0 Å². The van der Waals surface area contributed by atoms with E-state index in [9.17, 15) is 9.59 Å². The lowest BCUT2D eigenvalue weighted by Crippen LogP contribution is -2.68. The SMILES string of the molecule is C=C(COC(=O)c1ccc(OC)cc1)C[C@@H]1C(=O)N([Si](C)(C)C(C)(C)C)[C@@H]1c1ccccc1. The van der Waals surface area contributed by atoms with Gasteiger partial charge in [-0.3, -0.25) is 4.79 Å². The third-order valence-corrected chi connectivity index (χ3v) is 12.4. The molecule has 6 heteroatoms. The molecule has 0 bridgehead atoms. The van der Waals surface area contributed by atoms with E-state index in [0.29, 0.717) is 17.7 Å². The quantitative estimate of drug-likeness (QED) is 0.208. The summed E-state index contributed by atoms with van der Waals surface area (Å²) < 4.78 is 12.7. The number of nitrogens with zero attached hydrogens (tertiary/aromatic N) is 1. The molecule has 1 amide bonds. The summed E-state index contributed by atoms with van der Waals surface area (Å²) in [5, 5.41) is 0.0472. The summed E-state index contributed by atoms with van der Waals surface area (Å²) in [4.78, 5) is 25.8. The number of methoxy groups -OCH3 is 1. The minimum atomic E-state index is -2.05. The maximum atomic E-state index is 13.4. The second-order valence-corrected chi connectivity index (χ2v) is 15.3. The fourth-order valence-electron chi connectivity index (χ4n) is 4.11. The molecule has 3 rings (SSSR count). The van der Waals surface area contributed by atoms with Gasteiger partial charge in [0, 0.05) is 0 Å². The van der Waals surface area contributed by atoms with Crippen molar-refractivity contribution in [1.29, 1.82) is 0 Å². The van der Waals surface area contributed by atoms with Crippen molar-refractivity contribution in [3.63, 3.8) is 0 Å². The number of amides is 1. The first-order valence-corrected chi connectivity index (χ1v) is 14.3. The van der Waals surface area contributed by atoms with E-state index in [2.05, 4.69) is 57.1 Å². The lowest BCUT2D eigenvalue weighted by Gasteiger charge is -2.59. The van der Waals surface area contributed by atoms with Crippen LogP contribution in [0.5, 0.6) is 5.75 Å². The Morgan fingerprint density at radius 3 is 2.21 bits per heavy atom. The van der Waals surface area contributed by atoms with Crippen LogP contribution in [-0.2, 0) is 9.53 Å². The number of hydrogen-bond acceptors (Lipinski definition) is 4. The van der Waals surface area contributed by atoms with Crippen molar-refractivity contribution >= 4 is 20.1 Å². The van der Waals surface area contributed by atoms with Gasteiger partial charge in [0.15, 0.2) is 8.24 Å². The molecule has 0 N–H and O–H groups in total. The van der Waals surface area contributed by atoms with Crippen LogP contribution in [0, 0.1) is 5.92 Å². The largest absolute Gasteiger partial charge is 0.497 e. The van der Waals surface area contributed by atoms with Crippen LogP contribution < -0.4 is 4.74 Å². The van der Waals surface area contributed by atoms with Crippen LogP contribution in [0.4, 0.5) is 0 Å². The molecule has 1 aliphatic rings. The van der Waals surface area contributed by atoms with Crippen molar-refractivity contribution in [2.75, 3.05) is 13.7 Å². The summed E-state index contributed by atoms with van der Waals surface area (Å²) in [6.45, 7) is 15.4. The molecule has 5 nitrogen and oxygen atoms in total. The van der Waals surface area contributed by atoms with Gasteiger partial charge in [0.05, 0.1) is 24.6 Å². The fourth-order valence-corrected chi connectivity index (χ4v) is 6.58. The minimum Gasteiger partial charge on any atom is -0.497 e.